The van der Waals surface area contributed by atoms with E-state index in [1.165, 1.54) is 6.26 Å². The summed E-state index contributed by atoms with van der Waals surface area (Å²) in [7, 11) is 4.91. The van der Waals surface area contributed by atoms with E-state index >= 15 is 0 Å². The number of likely N-dealkylation sites (N-methyl/N-ethyl adjacent to an activating group) is 1. The van der Waals surface area contributed by atoms with Gasteiger partial charge in [-0.15, -0.1) is 11.8 Å². The monoisotopic (exact) mass is 404 g/mol. The van der Waals surface area contributed by atoms with Crippen molar-refractivity contribution in [2.45, 2.75) is 17.5 Å². The highest BCUT2D eigenvalue weighted by molar-refractivity contribution is 8.01. The molecule has 1 saturated heterocycles. The van der Waals surface area contributed by atoms with Crippen LogP contribution in [-0.2, 0) is 4.79 Å². The lowest BCUT2D eigenvalue weighted by Crippen LogP contribution is -2.39. The molecule has 2 unspecified atom stereocenters. The van der Waals surface area contributed by atoms with Crippen molar-refractivity contribution in [2.75, 3.05) is 34.4 Å². The molecule has 2 aromatic rings. The average Bonchev–Trinajstić information content (AvgIpc) is 3.34. The lowest BCUT2D eigenvalue weighted by atomic mass is 10.1. The maximum Gasteiger partial charge on any atom is 0.289 e. The van der Waals surface area contributed by atoms with E-state index in [1.807, 2.05) is 25.1 Å². The molecule has 0 N–H and O–H groups in total. The first kappa shape index (κ1) is 20.1. The van der Waals surface area contributed by atoms with Crippen LogP contribution in [0.2, 0.25) is 0 Å². The summed E-state index contributed by atoms with van der Waals surface area (Å²) in [4.78, 5) is 28.5. The minimum atomic E-state index is -0.215. The van der Waals surface area contributed by atoms with E-state index in [-0.39, 0.29) is 28.2 Å². The van der Waals surface area contributed by atoms with E-state index in [0.29, 0.717) is 24.6 Å². The second kappa shape index (κ2) is 8.60. The molecule has 0 aliphatic carbocycles. The third-order valence-corrected chi connectivity index (χ3v) is 6.08. The number of ether oxygens (including phenoxy) is 2. The summed E-state index contributed by atoms with van der Waals surface area (Å²) in [6.07, 6.45) is 1.47. The molecule has 3 rings (SSSR count). The number of hydrogen-bond acceptors (Lipinski definition) is 6. The molecule has 0 radical (unpaired) electrons. The van der Waals surface area contributed by atoms with Gasteiger partial charge in [0.25, 0.3) is 5.91 Å². The van der Waals surface area contributed by atoms with Gasteiger partial charge in [0.15, 0.2) is 5.76 Å². The van der Waals surface area contributed by atoms with E-state index in [4.69, 9.17) is 13.9 Å². The van der Waals surface area contributed by atoms with Gasteiger partial charge in [0.2, 0.25) is 5.91 Å². The molecule has 7 nitrogen and oxygen atoms in total. The summed E-state index contributed by atoms with van der Waals surface area (Å²) in [5, 5.41) is -0.383. The quantitative estimate of drug-likeness (QED) is 0.706. The Balaban J connectivity index is 1.79. The largest absolute Gasteiger partial charge is 0.497 e. The molecule has 1 aromatic carbocycles. The van der Waals surface area contributed by atoms with Gasteiger partial charge in [-0.2, -0.15) is 0 Å². The van der Waals surface area contributed by atoms with Crippen LogP contribution >= 0.6 is 11.8 Å². The third kappa shape index (κ3) is 3.96. The van der Waals surface area contributed by atoms with E-state index in [2.05, 4.69) is 0 Å². The summed E-state index contributed by atoms with van der Waals surface area (Å²) in [5.41, 5.74) is 0.879. The Labute approximate surface area is 168 Å². The van der Waals surface area contributed by atoms with Crippen molar-refractivity contribution in [3.63, 3.8) is 0 Å². The fraction of sp³-hybridized carbons (Fsp3) is 0.400. The Bertz CT molecular complexity index is 839. The maximum atomic E-state index is 12.8. The van der Waals surface area contributed by atoms with Crippen LogP contribution in [0.15, 0.2) is 41.0 Å². The minimum Gasteiger partial charge on any atom is -0.497 e. The molecule has 150 valence electrons. The van der Waals surface area contributed by atoms with Gasteiger partial charge >= 0.3 is 0 Å². The highest BCUT2D eigenvalue weighted by Gasteiger charge is 2.40. The molecule has 1 aromatic heterocycles. The smallest absolute Gasteiger partial charge is 0.289 e. The maximum absolute atomic E-state index is 12.8. The summed E-state index contributed by atoms with van der Waals surface area (Å²) < 4.78 is 16.0. The number of methoxy groups -OCH3 is 2. The van der Waals surface area contributed by atoms with E-state index < -0.39 is 0 Å². The van der Waals surface area contributed by atoms with Gasteiger partial charge in [0.05, 0.1) is 25.7 Å². The lowest BCUT2D eigenvalue weighted by Gasteiger charge is -2.27. The van der Waals surface area contributed by atoms with Crippen LogP contribution in [0.3, 0.4) is 0 Å². The number of amides is 2. The van der Waals surface area contributed by atoms with Crippen LogP contribution in [0.1, 0.15) is 28.4 Å². The molecule has 28 heavy (non-hydrogen) atoms. The predicted molar refractivity (Wildman–Crippen MR) is 107 cm³/mol. The van der Waals surface area contributed by atoms with Gasteiger partial charge in [-0.25, -0.2) is 0 Å². The van der Waals surface area contributed by atoms with Crippen molar-refractivity contribution in [1.29, 1.82) is 0 Å². The van der Waals surface area contributed by atoms with Crippen molar-refractivity contribution >= 4 is 23.6 Å². The number of furan rings is 1. The first-order valence-electron chi connectivity index (χ1n) is 8.93. The number of benzene rings is 1. The molecule has 8 heteroatoms. The summed E-state index contributed by atoms with van der Waals surface area (Å²) >= 11 is 1.56. The van der Waals surface area contributed by atoms with Gasteiger partial charge < -0.3 is 23.7 Å². The van der Waals surface area contributed by atoms with Crippen LogP contribution in [-0.4, -0.2) is 61.2 Å². The van der Waals surface area contributed by atoms with Crippen molar-refractivity contribution in [3.05, 3.63) is 47.9 Å². The Morgan fingerprint density at radius 3 is 2.71 bits per heavy atom. The summed E-state index contributed by atoms with van der Waals surface area (Å²) in [5.74, 6) is 1.51. The zero-order valence-electron chi connectivity index (χ0n) is 16.4. The van der Waals surface area contributed by atoms with Crippen molar-refractivity contribution in [1.82, 2.24) is 9.80 Å². The average molecular weight is 404 g/mol. The highest BCUT2D eigenvalue weighted by Crippen LogP contribution is 2.46. The fourth-order valence-electron chi connectivity index (χ4n) is 3.12. The molecule has 0 bridgehead atoms. The second-order valence-electron chi connectivity index (χ2n) is 6.47. The summed E-state index contributed by atoms with van der Waals surface area (Å²) in [6.45, 7) is 2.69. The predicted octanol–water partition coefficient (Wildman–Crippen LogP) is 3.03. The van der Waals surface area contributed by atoms with Gasteiger partial charge in [-0.3, -0.25) is 9.59 Å². The lowest BCUT2D eigenvalue weighted by molar-refractivity contribution is -0.129. The van der Waals surface area contributed by atoms with Gasteiger partial charge in [-0.1, -0.05) is 0 Å². The molecule has 1 aliphatic rings. The highest BCUT2D eigenvalue weighted by atomic mass is 32.2. The minimum absolute atomic E-state index is 0.0405. The van der Waals surface area contributed by atoms with Crippen molar-refractivity contribution in [3.8, 4) is 11.5 Å². The van der Waals surface area contributed by atoms with Crippen LogP contribution in [0.4, 0.5) is 0 Å². The number of thioether (sulfide) groups is 1. The Kier molecular flexibility index (Phi) is 6.18. The number of rotatable bonds is 7. The van der Waals surface area contributed by atoms with Crippen LogP contribution < -0.4 is 9.47 Å². The van der Waals surface area contributed by atoms with Gasteiger partial charge in [0, 0.05) is 25.7 Å². The number of hydrogen-bond donors (Lipinski definition) is 0. The fourth-order valence-corrected chi connectivity index (χ4v) is 4.45. The first-order chi connectivity index (χ1) is 13.5. The Hall–Kier alpha value is -2.61. The SMILES string of the molecule is COc1ccc(OC)c(C2SC(C)C(=O)N2CCN(C)C(=O)c2ccco2)c1. The number of carbonyl (C=O) groups excluding carboxylic acids is 2. The molecule has 0 saturated carbocycles. The zero-order chi connectivity index (χ0) is 20.3. The zero-order valence-corrected chi connectivity index (χ0v) is 17.2. The normalized spacial score (nSPS) is 19.0. The molecule has 2 atom stereocenters. The molecular formula is C20H24N2O5S. The van der Waals surface area contributed by atoms with Crippen molar-refractivity contribution in [2.24, 2.45) is 0 Å². The number of nitrogens with zero attached hydrogens (tertiary/aromatic N) is 2. The van der Waals surface area contributed by atoms with E-state index in [0.717, 1.165) is 5.56 Å². The molecule has 1 fully saturated rings. The molecule has 0 spiro atoms. The molecule has 1 aliphatic heterocycles. The third-order valence-electron chi connectivity index (χ3n) is 4.70. The summed E-state index contributed by atoms with van der Waals surface area (Å²) in [6, 6.07) is 8.86. The first-order valence-corrected chi connectivity index (χ1v) is 9.87. The molecular weight excluding hydrogens is 380 g/mol. The van der Waals surface area contributed by atoms with Gasteiger partial charge in [-0.05, 0) is 37.3 Å². The Morgan fingerprint density at radius 1 is 1.29 bits per heavy atom. The van der Waals surface area contributed by atoms with Gasteiger partial charge in [0.1, 0.15) is 16.9 Å². The number of carbonyl (C=O) groups is 2. The second-order valence-corrected chi connectivity index (χ2v) is 7.90. The topological polar surface area (TPSA) is 72.2 Å². The van der Waals surface area contributed by atoms with Crippen LogP contribution in [0.5, 0.6) is 11.5 Å². The molecule has 2 amide bonds. The van der Waals surface area contributed by atoms with Crippen LogP contribution in [0.25, 0.3) is 0 Å². The van der Waals surface area contributed by atoms with Crippen LogP contribution in [0, 0.1) is 0 Å². The Morgan fingerprint density at radius 2 is 2.07 bits per heavy atom. The molecule has 2 heterocycles. The van der Waals surface area contributed by atoms with Crippen molar-refractivity contribution < 1.29 is 23.5 Å². The van der Waals surface area contributed by atoms with E-state index in [1.54, 1.807) is 55.0 Å². The standard InChI is InChI=1S/C20H24N2O5S/c1-13-18(23)22(10-9-21(2)19(24)17-6-5-11-27-17)20(28-13)15-12-14(25-3)7-8-16(15)26-4/h5-8,11-13,20H,9-10H2,1-4H3. The van der Waals surface area contributed by atoms with E-state index in [9.17, 15) is 9.59 Å².